The van der Waals surface area contributed by atoms with Gasteiger partial charge in [-0.2, -0.15) is 0 Å². The largest absolute Gasteiger partial charge is 0.495 e. The van der Waals surface area contributed by atoms with E-state index >= 15 is 0 Å². The van der Waals surface area contributed by atoms with E-state index in [0.717, 1.165) is 4.90 Å². The van der Waals surface area contributed by atoms with Crippen LogP contribution < -0.4 is 5.73 Å². The summed E-state index contributed by atoms with van der Waals surface area (Å²) in [6.45, 7) is 0.501. The molecule has 0 spiro atoms. The maximum absolute atomic E-state index is 10.4. The van der Waals surface area contributed by atoms with Gasteiger partial charge >= 0.3 is 6.03 Å². The van der Waals surface area contributed by atoms with Crippen LogP contribution in [0.1, 0.15) is 6.42 Å². The molecule has 0 bridgehead atoms. The number of carbonyl (C=O) groups excluding carboxylic acids is 1. The molecule has 0 aromatic carbocycles. The molecule has 4 nitrogen and oxygen atoms in total. The minimum Gasteiger partial charge on any atom is -0.495 e. The number of primary amides is 1. The summed E-state index contributed by atoms with van der Waals surface area (Å²) in [6.07, 6.45) is 2.25. The highest BCUT2D eigenvalue weighted by atomic mass is 16.3. The quantitative estimate of drug-likeness (QED) is 0.488. The van der Waals surface area contributed by atoms with Crippen molar-refractivity contribution >= 4 is 6.03 Å². The topological polar surface area (TPSA) is 66.6 Å². The van der Waals surface area contributed by atoms with Crippen LogP contribution in [0.5, 0.6) is 0 Å². The number of carbonyl (C=O) groups is 1. The highest BCUT2D eigenvalue weighted by molar-refractivity contribution is 5.74. The number of rotatable bonds is 0. The number of nitrogens with two attached hydrogens (primary N) is 1. The SMILES string of the molecule is NC(=O)N1CCC=C1O. The average molecular weight is 128 g/mol. The minimum absolute atomic E-state index is 0.0255. The van der Waals surface area contributed by atoms with Gasteiger partial charge in [0.2, 0.25) is 0 Å². The fraction of sp³-hybridized carbons (Fsp3) is 0.400. The van der Waals surface area contributed by atoms with Crippen molar-refractivity contribution in [2.75, 3.05) is 6.54 Å². The van der Waals surface area contributed by atoms with E-state index in [4.69, 9.17) is 10.8 Å². The molecule has 0 atom stereocenters. The Kier molecular flexibility index (Phi) is 1.30. The molecule has 2 amide bonds. The lowest BCUT2D eigenvalue weighted by Gasteiger charge is -2.11. The minimum atomic E-state index is -0.596. The van der Waals surface area contributed by atoms with Gasteiger partial charge < -0.3 is 10.8 Å². The Morgan fingerprint density at radius 1 is 1.89 bits per heavy atom. The maximum Gasteiger partial charge on any atom is 0.321 e. The molecule has 0 fully saturated rings. The van der Waals surface area contributed by atoms with Crippen LogP contribution >= 0.6 is 0 Å². The van der Waals surface area contributed by atoms with Crippen LogP contribution in [-0.4, -0.2) is 22.6 Å². The lowest BCUT2D eigenvalue weighted by atomic mass is 10.5. The molecule has 0 aromatic heterocycles. The zero-order valence-electron chi connectivity index (χ0n) is 4.87. The second-order valence-electron chi connectivity index (χ2n) is 1.84. The lowest BCUT2D eigenvalue weighted by molar-refractivity contribution is 0.197. The van der Waals surface area contributed by atoms with Gasteiger partial charge in [-0.1, -0.05) is 0 Å². The third-order valence-corrected chi connectivity index (χ3v) is 1.22. The van der Waals surface area contributed by atoms with Crippen molar-refractivity contribution in [2.24, 2.45) is 5.73 Å². The zero-order valence-corrected chi connectivity index (χ0v) is 4.87. The zero-order chi connectivity index (χ0) is 6.85. The molecule has 0 unspecified atom stereocenters. The predicted octanol–water partition coefficient (Wildman–Crippen LogP) is 0.170. The van der Waals surface area contributed by atoms with Gasteiger partial charge in [0, 0.05) is 6.54 Å². The summed E-state index contributed by atoms with van der Waals surface area (Å²) in [5.41, 5.74) is 4.87. The molecule has 0 radical (unpaired) electrons. The first kappa shape index (κ1) is 5.94. The summed E-state index contributed by atoms with van der Waals surface area (Å²) in [7, 11) is 0. The van der Waals surface area contributed by atoms with Crippen molar-refractivity contribution in [2.45, 2.75) is 6.42 Å². The third-order valence-electron chi connectivity index (χ3n) is 1.22. The smallest absolute Gasteiger partial charge is 0.321 e. The van der Waals surface area contributed by atoms with Gasteiger partial charge in [-0.25, -0.2) is 4.79 Å². The van der Waals surface area contributed by atoms with Crippen LogP contribution in [-0.2, 0) is 0 Å². The van der Waals surface area contributed by atoms with Crippen molar-refractivity contribution in [3.8, 4) is 0 Å². The van der Waals surface area contributed by atoms with Gasteiger partial charge in [-0.3, -0.25) is 4.90 Å². The average Bonchev–Trinajstić information content (AvgIpc) is 2.13. The van der Waals surface area contributed by atoms with Crippen LogP contribution in [0.4, 0.5) is 4.79 Å². The van der Waals surface area contributed by atoms with Gasteiger partial charge in [0.15, 0.2) is 5.88 Å². The van der Waals surface area contributed by atoms with E-state index in [1.807, 2.05) is 0 Å². The van der Waals surface area contributed by atoms with Gasteiger partial charge in [-0.05, 0) is 12.5 Å². The Morgan fingerprint density at radius 2 is 2.56 bits per heavy atom. The molecule has 1 aliphatic heterocycles. The fourth-order valence-corrected chi connectivity index (χ4v) is 0.771. The van der Waals surface area contributed by atoms with Gasteiger partial charge in [0.25, 0.3) is 0 Å². The van der Waals surface area contributed by atoms with Crippen LogP contribution in [0.25, 0.3) is 0 Å². The molecule has 0 saturated carbocycles. The van der Waals surface area contributed by atoms with Gasteiger partial charge in [0.05, 0.1) is 0 Å². The van der Waals surface area contributed by atoms with E-state index in [2.05, 4.69) is 0 Å². The van der Waals surface area contributed by atoms with Crippen LogP contribution in [0, 0.1) is 0 Å². The van der Waals surface area contributed by atoms with E-state index in [-0.39, 0.29) is 5.88 Å². The summed E-state index contributed by atoms with van der Waals surface area (Å²) in [4.78, 5) is 11.5. The first-order valence-corrected chi connectivity index (χ1v) is 2.68. The Labute approximate surface area is 52.6 Å². The Bertz CT molecular complexity index is 164. The standard InChI is InChI=1S/C5H8N2O2/c6-5(9)7-3-1-2-4(7)8/h2,8H,1,3H2,(H2,6,9). The molecular weight excluding hydrogens is 120 g/mol. The van der Waals surface area contributed by atoms with Crippen LogP contribution in [0.3, 0.4) is 0 Å². The molecular formula is C5H8N2O2. The van der Waals surface area contributed by atoms with Crippen molar-refractivity contribution in [1.29, 1.82) is 0 Å². The molecule has 3 N–H and O–H groups in total. The molecule has 0 saturated heterocycles. The molecule has 1 rings (SSSR count). The Hall–Kier alpha value is -1.19. The van der Waals surface area contributed by atoms with Crippen LogP contribution in [0.2, 0.25) is 0 Å². The van der Waals surface area contributed by atoms with E-state index < -0.39 is 6.03 Å². The summed E-state index contributed by atoms with van der Waals surface area (Å²) in [6, 6.07) is -0.596. The number of hydrogen-bond acceptors (Lipinski definition) is 2. The number of aliphatic hydroxyl groups is 1. The van der Waals surface area contributed by atoms with Crippen molar-refractivity contribution in [3.05, 3.63) is 12.0 Å². The van der Waals surface area contributed by atoms with Crippen molar-refractivity contribution < 1.29 is 9.90 Å². The second-order valence-corrected chi connectivity index (χ2v) is 1.84. The highest BCUT2D eigenvalue weighted by Crippen LogP contribution is 2.09. The number of amides is 2. The fourth-order valence-electron chi connectivity index (χ4n) is 0.771. The third kappa shape index (κ3) is 0.960. The maximum atomic E-state index is 10.4. The first-order chi connectivity index (χ1) is 4.22. The van der Waals surface area contributed by atoms with E-state index in [1.165, 1.54) is 0 Å². The van der Waals surface area contributed by atoms with E-state index in [9.17, 15) is 4.79 Å². The Morgan fingerprint density at radius 3 is 2.78 bits per heavy atom. The normalized spacial score (nSPS) is 17.8. The molecule has 50 valence electrons. The number of aliphatic hydroxyl groups excluding tert-OH is 1. The summed E-state index contributed by atoms with van der Waals surface area (Å²) >= 11 is 0. The summed E-state index contributed by atoms with van der Waals surface area (Å²) in [5.74, 6) is -0.0255. The van der Waals surface area contributed by atoms with Crippen molar-refractivity contribution in [3.63, 3.8) is 0 Å². The molecule has 0 aromatic rings. The number of hydrogen-bond donors (Lipinski definition) is 2. The summed E-state index contributed by atoms with van der Waals surface area (Å²) in [5, 5.41) is 8.85. The monoisotopic (exact) mass is 128 g/mol. The van der Waals surface area contributed by atoms with E-state index in [0.29, 0.717) is 13.0 Å². The molecule has 4 heteroatoms. The van der Waals surface area contributed by atoms with Gasteiger partial charge in [-0.15, -0.1) is 0 Å². The number of nitrogens with zero attached hydrogens (tertiary/aromatic N) is 1. The van der Waals surface area contributed by atoms with Crippen molar-refractivity contribution in [1.82, 2.24) is 4.90 Å². The molecule has 1 aliphatic rings. The highest BCUT2D eigenvalue weighted by Gasteiger charge is 2.17. The summed E-state index contributed by atoms with van der Waals surface area (Å²) < 4.78 is 0. The van der Waals surface area contributed by atoms with Crippen LogP contribution in [0.15, 0.2) is 12.0 Å². The van der Waals surface area contributed by atoms with Gasteiger partial charge in [0.1, 0.15) is 0 Å². The molecule has 0 aliphatic carbocycles. The first-order valence-electron chi connectivity index (χ1n) is 2.68. The Balaban J connectivity index is 2.63. The number of urea groups is 1. The lowest BCUT2D eigenvalue weighted by Crippen LogP contribution is -2.32. The van der Waals surface area contributed by atoms with E-state index in [1.54, 1.807) is 6.08 Å². The molecule has 1 heterocycles. The second kappa shape index (κ2) is 1.97. The predicted molar refractivity (Wildman–Crippen MR) is 31.6 cm³/mol. The molecule has 9 heavy (non-hydrogen) atoms.